The number of sulfonamides is 1. The van der Waals surface area contributed by atoms with E-state index in [4.69, 9.17) is 11.6 Å². The summed E-state index contributed by atoms with van der Waals surface area (Å²) < 4.78 is 27.2. The van der Waals surface area contributed by atoms with Gasteiger partial charge in [0, 0.05) is 37.2 Å². The number of rotatable bonds is 7. The maximum absolute atomic E-state index is 12.9. The van der Waals surface area contributed by atoms with Crippen LogP contribution in [0.1, 0.15) is 36.5 Å². The highest BCUT2D eigenvalue weighted by molar-refractivity contribution is 7.99. The third kappa shape index (κ3) is 5.21. The minimum absolute atomic E-state index is 0.124. The standard InChI is InChI=1S/C19H28ClN3O3S2/c1-15(22-8-2-3-9-22)6-7-21-19(24)17-14-16(4-5-18(17)20)28(25,26)23-10-12-27-13-11-23/h4-5,14-15H,2-3,6-13H2,1H3,(H,21,24)/t15-/m0/s1. The molecule has 1 N–H and O–H groups in total. The van der Waals surface area contributed by atoms with Crippen molar-refractivity contribution in [2.45, 2.75) is 37.1 Å². The highest BCUT2D eigenvalue weighted by Gasteiger charge is 2.27. The van der Waals surface area contributed by atoms with Crippen molar-refractivity contribution in [2.24, 2.45) is 0 Å². The predicted molar refractivity (Wildman–Crippen MR) is 115 cm³/mol. The molecule has 28 heavy (non-hydrogen) atoms. The molecule has 1 atom stereocenters. The van der Waals surface area contributed by atoms with Crippen LogP contribution in [0.3, 0.4) is 0 Å². The van der Waals surface area contributed by atoms with E-state index in [0.29, 0.717) is 25.7 Å². The van der Waals surface area contributed by atoms with Gasteiger partial charge in [-0.3, -0.25) is 4.79 Å². The Morgan fingerprint density at radius 3 is 2.57 bits per heavy atom. The van der Waals surface area contributed by atoms with Crippen LogP contribution in [0.25, 0.3) is 0 Å². The second-order valence-corrected chi connectivity index (χ2v) is 10.9. The first-order chi connectivity index (χ1) is 13.4. The van der Waals surface area contributed by atoms with Gasteiger partial charge in [0.15, 0.2) is 0 Å². The zero-order chi connectivity index (χ0) is 20.1. The summed E-state index contributed by atoms with van der Waals surface area (Å²) in [6.07, 6.45) is 3.33. The smallest absolute Gasteiger partial charge is 0.252 e. The molecule has 2 aliphatic heterocycles. The fourth-order valence-electron chi connectivity index (χ4n) is 3.63. The molecule has 9 heteroatoms. The van der Waals surface area contributed by atoms with Gasteiger partial charge in [-0.15, -0.1) is 0 Å². The van der Waals surface area contributed by atoms with Crippen molar-refractivity contribution >= 4 is 39.3 Å². The molecule has 2 aliphatic rings. The van der Waals surface area contributed by atoms with Gasteiger partial charge < -0.3 is 10.2 Å². The van der Waals surface area contributed by atoms with Gasteiger partial charge in [0.1, 0.15) is 0 Å². The van der Waals surface area contributed by atoms with E-state index in [1.807, 2.05) is 0 Å². The van der Waals surface area contributed by atoms with Crippen LogP contribution >= 0.6 is 23.4 Å². The van der Waals surface area contributed by atoms with Gasteiger partial charge in [0.05, 0.1) is 15.5 Å². The Kier molecular flexibility index (Phi) is 7.67. The summed E-state index contributed by atoms with van der Waals surface area (Å²) in [7, 11) is -3.61. The summed E-state index contributed by atoms with van der Waals surface area (Å²) in [5.41, 5.74) is 0.211. The number of nitrogens with zero attached hydrogens (tertiary/aromatic N) is 2. The summed E-state index contributed by atoms with van der Waals surface area (Å²) in [5, 5.41) is 3.15. The van der Waals surface area contributed by atoms with Crippen LogP contribution in [0, 0.1) is 0 Å². The normalized spacial score (nSPS) is 20.2. The molecule has 0 bridgehead atoms. The van der Waals surface area contributed by atoms with E-state index in [0.717, 1.165) is 31.0 Å². The summed E-state index contributed by atoms with van der Waals surface area (Å²) in [5.74, 6) is 1.25. The lowest BCUT2D eigenvalue weighted by molar-refractivity contribution is 0.0949. The molecule has 2 heterocycles. The van der Waals surface area contributed by atoms with Crippen molar-refractivity contribution < 1.29 is 13.2 Å². The Balaban J connectivity index is 1.64. The Bertz CT molecular complexity index is 792. The van der Waals surface area contributed by atoms with E-state index in [1.54, 1.807) is 11.8 Å². The maximum Gasteiger partial charge on any atom is 0.252 e. The SMILES string of the molecule is C[C@@H](CCNC(=O)c1cc(S(=O)(=O)N2CCSCC2)ccc1Cl)N1CCCC1. The van der Waals surface area contributed by atoms with Gasteiger partial charge in [-0.1, -0.05) is 11.6 Å². The van der Waals surface area contributed by atoms with Gasteiger partial charge in [0.2, 0.25) is 10.0 Å². The number of hydrogen-bond donors (Lipinski definition) is 1. The third-order valence-electron chi connectivity index (χ3n) is 5.40. The second-order valence-electron chi connectivity index (χ2n) is 7.29. The summed E-state index contributed by atoms with van der Waals surface area (Å²) in [6.45, 7) is 5.94. The van der Waals surface area contributed by atoms with Crippen LogP contribution in [0.15, 0.2) is 23.1 Å². The van der Waals surface area contributed by atoms with Crippen LogP contribution in [-0.4, -0.2) is 73.8 Å². The number of carbonyl (C=O) groups excluding carboxylic acids is 1. The van der Waals surface area contributed by atoms with E-state index >= 15 is 0 Å². The molecule has 156 valence electrons. The van der Waals surface area contributed by atoms with Gasteiger partial charge >= 0.3 is 0 Å². The number of nitrogens with one attached hydrogen (secondary N) is 1. The van der Waals surface area contributed by atoms with Crippen molar-refractivity contribution in [3.8, 4) is 0 Å². The zero-order valence-corrected chi connectivity index (χ0v) is 18.6. The minimum atomic E-state index is -3.61. The first kappa shape index (κ1) is 21.9. The zero-order valence-electron chi connectivity index (χ0n) is 16.2. The van der Waals surface area contributed by atoms with E-state index in [-0.39, 0.29) is 21.4 Å². The van der Waals surface area contributed by atoms with Crippen LogP contribution in [0.2, 0.25) is 5.02 Å². The molecule has 0 aromatic heterocycles. The van der Waals surface area contributed by atoms with Crippen LogP contribution < -0.4 is 5.32 Å². The Morgan fingerprint density at radius 2 is 1.89 bits per heavy atom. The highest BCUT2D eigenvalue weighted by Crippen LogP contribution is 2.25. The molecular weight excluding hydrogens is 418 g/mol. The van der Waals surface area contributed by atoms with Gasteiger partial charge in [-0.2, -0.15) is 16.1 Å². The molecular formula is C19H28ClN3O3S2. The second kappa shape index (κ2) is 9.80. The van der Waals surface area contributed by atoms with Crippen LogP contribution in [-0.2, 0) is 10.0 Å². The number of benzene rings is 1. The highest BCUT2D eigenvalue weighted by atomic mass is 35.5. The molecule has 2 saturated heterocycles. The molecule has 0 spiro atoms. The van der Waals surface area contributed by atoms with Gasteiger partial charge in [-0.25, -0.2) is 8.42 Å². The minimum Gasteiger partial charge on any atom is -0.352 e. The molecule has 1 aromatic rings. The molecule has 0 aliphatic carbocycles. The molecule has 0 unspecified atom stereocenters. The first-order valence-corrected chi connectivity index (χ1v) is 12.8. The average molecular weight is 446 g/mol. The number of thioether (sulfide) groups is 1. The first-order valence-electron chi connectivity index (χ1n) is 9.79. The molecule has 0 saturated carbocycles. The average Bonchev–Trinajstić information content (AvgIpc) is 3.23. The van der Waals surface area contributed by atoms with Crippen molar-refractivity contribution in [3.05, 3.63) is 28.8 Å². The fraction of sp³-hybridized carbons (Fsp3) is 0.632. The number of carbonyl (C=O) groups is 1. The molecule has 1 aromatic carbocycles. The maximum atomic E-state index is 12.9. The summed E-state index contributed by atoms with van der Waals surface area (Å²) in [4.78, 5) is 15.2. The van der Waals surface area contributed by atoms with Gasteiger partial charge in [0.25, 0.3) is 5.91 Å². The van der Waals surface area contributed by atoms with E-state index < -0.39 is 10.0 Å². The fourth-order valence-corrected chi connectivity index (χ4v) is 6.44. The Labute approximate surface area is 177 Å². The van der Waals surface area contributed by atoms with Crippen LogP contribution in [0.4, 0.5) is 0 Å². The Morgan fingerprint density at radius 1 is 1.21 bits per heavy atom. The lowest BCUT2D eigenvalue weighted by atomic mass is 10.2. The number of amides is 1. The van der Waals surface area contributed by atoms with E-state index in [2.05, 4.69) is 17.1 Å². The van der Waals surface area contributed by atoms with E-state index in [1.165, 1.54) is 35.3 Å². The lowest BCUT2D eigenvalue weighted by Crippen LogP contribution is -2.38. The van der Waals surface area contributed by atoms with Crippen molar-refractivity contribution in [1.29, 1.82) is 0 Å². The van der Waals surface area contributed by atoms with Crippen molar-refractivity contribution in [3.63, 3.8) is 0 Å². The van der Waals surface area contributed by atoms with Crippen LogP contribution in [0.5, 0.6) is 0 Å². The van der Waals surface area contributed by atoms with E-state index in [9.17, 15) is 13.2 Å². The van der Waals surface area contributed by atoms with Crippen molar-refractivity contribution in [2.75, 3.05) is 44.2 Å². The molecule has 1 amide bonds. The Hall–Kier alpha value is -0.800. The molecule has 3 rings (SSSR count). The summed E-state index contributed by atoms with van der Waals surface area (Å²) >= 11 is 7.94. The third-order valence-corrected chi connectivity index (χ3v) is 8.57. The predicted octanol–water partition coefficient (Wildman–Crippen LogP) is 2.68. The van der Waals surface area contributed by atoms with Gasteiger partial charge in [-0.05, 0) is 57.5 Å². The summed E-state index contributed by atoms with van der Waals surface area (Å²) in [6, 6.07) is 4.79. The molecule has 6 nitrogen and oxygen atoms in total. The largest absolute Gasteiger partial charge is 0.352 e. The number of halogens is 1. The lowest BCUT2D eigenvalue weighted by Gasteiger charge is -2.26. The number of hydrogen-bond acceptors (Lipinski definition) is 5. The molecule has 2 fully saturated rings. The number of likely N-dealkylation sites (tertiary alicyclic amines) is 1. The quantitative estimate of drug-likeness (QED) is 0.698. The topological polar surface area (TPSA) is 69.7 Å². The van der Waals surface area contributed by atoms with Crippen molar-refractivity contribution in [1.82, 2.24) is 14.5 Å². The monoisotopic (exact) mass is 445 g/mol. The molecule has 0 radical (unpaired) electrons.